The summed E-state index contributed by atoms with van der Waals surface area (Å²) >= 11 is 0. The minimum atomic E-state index is -3.87. The Kier molecular flexibility index (Phi) is 10.6. The standard InChI is InChI=1S/C29H40N2O7S/c1-36-26-11-13-28(14-12-26)39(34,35)31(19-24-9-5-6-10-24)21-25(32)20-30(17-15-23-7-3-2-4-8-23)29(33)38-27-16-18-37-22-27/h2-4,7-8,11-14,24-25,27,32H,5-6,9-10,15-22H2,1H3/t25-,27+/m1/s1. The SMILES string of the molecule is COc1ccc(S(=O)(=O)N(CC2CCCC2)C[C@H](O)CN(CCc2ccccc2)C(=O)O[C@H]2CCOC2)cc1. The Morgan fingerprint density at radius 1 is 1.05 bits per heavy atom. The van der Waals surface area contributed by atoms with Crippen molar-refractivity contribution in [2.24, 2.45) is 5.92 Å². The van der Waals surface area contributed by atoms with Gasteiger partial charge in [-0.05, 0) is 55.0 Å². The maximum atomic E-state index is 13.7. The van der Waals surface area contributed by atoms with E-state index in [2.05, 4.69) is 0 Å². The van der Waals surface area contributed by atoms with Crippen LogP contribution in [0.1, 0.15) is 37.7 Å². The number of hydrogen-bond donors (Lipinski definition) is 1. The molecule has 0 aromatic heterocycles. The molecule has 2 fully saturated rings. The molecule has 1 heterocycles. The van der Waals surface area contributed by atoms with Crippen LogP contribution in [0.3, 0.4) is 0 Å². The number of ether oxygens (including phenoxy) is 3. The van der Waals surface area contributed by atoms with Crippen molar-refractivity contribution in [3.8, 4) is 5.75 Å². The van der Waals surface area contributed by atoms with Crippen molar-refractivity contribution in [3.63, 3.8) is 0 Å². The zero-order valence-electron chi connectivity index (χ0n) is 22.6. The number of nitrogens with zero attached hydrogens (tertiary/aromatic N) is 2. The van der Waals surface area contributed by atoms with Gasteiger partial charge in [0.15, 0.2) is 0 Å². The first-order valence-corrected chi connectivity index (χ1v) is 15.2. The first kappa shape index (κ1) is 29.3. The predicted molar refractivity (Wildman–Crippen MR) is 147 cm³/mol. The molecular weight excluding hydrogens is 520 g/mol. The lowest BCUT2D eigenvalue weighted by Gasteiger charge is -2.30. The second-order valence-corrected chi connectivity index (χ2v) is 12.3. The van der Waals surface area contributed by atoms with Gasteiger partial charge >= 0.3 is 6.09 Å². The lowest BCUT2D eigenvalue weighted by molar-refractivity contribution is 0.0372. The van der Waals surface area contributed by atoms with E-state index in [0.29, 0.717) is 44.9 Å². The first-order chi connectivity index (χ1) is 18.8. The van der Waals surface area contributed by atoms with Crippen molar-refractivity contribution in [1.82, 2.24) is 9.21 Å². The number of rotatable bonds is 13. The molecule has 1 amide bonds. The summed E-state index contributed by atoms with van der Waals surface area (Å²) in [6.45, 7) is 1.41. The molecule has 39 heavy (non-hydrogen) atoms. The van der Waals surface area contributed by atoms with Crippen LogP contribution in [-0.2, 0) is 25.9 Å². The maximum Gasteiger partial charge on any atom is 0.410 e. The van der Waals surface area contributed by atoms with Crippen molar-refractivity contribution < 1.29 is 32.5 Å². The molecule has 0 radical (unpaired) electrons. The Hall–Kier alpha value is -2.66. The van der Waals surface area contributed by atoms with Gasteiger partial charge in [0.25, 0.3) is 0 Å². The molecule has 9 nitrogen and oxygen atoms in total. The fourth-order valence-electron chi connectivity index (χ4n) is 5.18. The number of aliphatic hydroxyl groups is 1. The van der Waals surface area contributed by atoms with E-state index in [1.807, 2.05) is 30.3 Å². The van der Waals surface area contributed by atoms with Gasteiger partial charge in [0.2, 0.25) is 10.0 Å². The normalized spacial score (nSPS) is 18.8. The molecule has 2 aliphatic rings. The molecule has 214 valence electrons. The van der Waals surface area contributed by atoms with Gasteiger partial charge in [-0.3, -0.25) is 0 Å². The fourth-order valence-corrected chi connectivity index (χ4v) is 6.74. The largest absolute Gasteiger partial charge is 0.497 e. The zero-order valence-corrected chi connectivity index (χ0v) is 23.4. The number of hydrogen-bond acceptors (Lipinski definition) is 7. The van der Waals surface area contributed by atoms with Crippen LogP contribution >= 0.6 is 0 Å². The molecule has 2 aromatic carbocycles. The Morgan fingerprint density at radius 2 is 1.77 bits per heavy atom. The van der Waals surface area contributed by atoms with E-state index in [1.54, 1.807) is 12.1 Å². The van der Waals surface area contributed by atoms with Crippen LogP contribution in [0.15, 0.2) is 59.5 Å². The molecule has 0 spiro atoms. The monoisotopic (exact) mass is 560 g/mol. The molecule has 10 heteroatoms. The van der Waals surface area contributed by atoms with E-state index in [4.69, 9.17) is 14.2 Å². The van der Waals surface area contributed by atoms with Gasteiger partial charge in [-0.15, -0.1) is 0 Å². The maximum absolute atomic E-state index is 13.7. The molecule has 1 aliphatic carbocycles. The van der Waals surface area contributed by atoms with E-state index in [9.17, 15) is 18.3 Å². The van der Waals surface area contributed by atoms with Gasteiger partial charge in [0, 0.05) is 26.1 Å². The van der Waals surface area contributed by atoms with Crippen molar-refractivity contribution in [2.75, 3.05) is 46.5 Å². The smallest absolute Gasteiger partial charge is 0.410 e. The van der Waals surface area contributed by atoms with E-state index in [1.165, 1.54) is 28.4 Å². The van der Waals surface area contributed by atoms with E-state index in [-0.39, 0.29) is 30.0 Å². The van der Waals surface area contributed by atoms with Gasteiger partial charge in [-0.1, -0.05) is 43.2 Å². The minimum Gasteiger partial charge on any atom is -0.497 e. The van der Waals surface area contributed by atoms with Crippen LogP contribution in [0.5, 0.6) is 5.75 Å². The molecule has 0 bridgehead atoms. The Bertz CT molecular complexity index is 1130. The molecule has 1 N–H and O–H groups in total. The van der Waals surface area contributed by atoms with Gasteiger partial charge in [-0.25, -0.2) is 13.2 Å². The van der Waals surface area contributed by atoms with Gasteiger partial charge in [0.05, 0.1) is 37.9 Å². The van der Waals surface area contributed by atoms with Crippen molar-refractivity contribution in [2.45, 2.75) is 55.6 Å². The van der Waals surface area contributed by atoms with E-state index < -0.39 is 22.2 Å². The van der Waals surface area contributed by atoms with Crippen LogP contribution in [0.25, 0.3) is 0 Å². The summed E-state index contributed by atoms with van der Waals surface area (Å²) in [6.07, 6.45) is 3.36. The number of amides is 1. The Morgan fingerprint density at radius 3 is 2.41 bits per heavy atom. The van der Waals surface area contributed by atoms with Crippen LogP contribution < -0.4 is 4.74 Å². The van der Waals surface area contributed by atoms with Crippen LogP contribution in [0.4, 0.5) is 4.79 Å². The number of aliphatic hydroxyl groups excluding tert-OH is 1. The lowest BCUT2D eigenvalue weighted by atomic mass is 10.1. The number of sulfonamides is 1. The highest BCUT2D eigenvalue weighted by molar-refractivity contribution is 7.89. The zero-order chi connectivity index (χ0) is 27.7. The highest BCUT2D eigenvalue weighted by Gasteiger charge is 2.32. The highest BCUT2D eigenvalue weighted by atomic mass is 32.2. The van der Waals surface area contributed by atoms with E-state index in [0.717, 1.165) is 31.2 Å². The van der Waals surface area contributed by atoms with Crippen molar-refractivity contribution >= 4 is 16.1 Å². The number of methoxy groups -OCH3 is 1. The predicted octanol–water partition coefficient (Wildman–Crippen LogP) is 3.71. The third kappa shape index (κ3) is 8.41. The Balaban J connectivity index is 1.47. The number of carbonyl (C=O) groups excluding carboxylic acids is 1. The summed E-state index contributed by atoms with van der Waals surface area (Å²) in [7, 11) is -2.34. The first-order valence-electron chi connectivity index (χ1n) is 13.7. The lowest BCUT2D eigenvalue weighted by Crippen LogP contribution is -2.46. The van der Waals surface area contributed by atoms with Crippen LogP contribution in [0, 0.1) is 5.92 Å². The summed E-state index contributed by atoms with van der Waals surface area (Å²) in [6, 6.07) is 16.1. The summed E-state index contributed by atoms with van der Waals surface area (Å²) in [5, 5.41) is 11.2. The molecule has 2 atom stereocenters. The van der Waals surface area contributed by atoms with Crippen molar-refractivity contribution in [3.05, 3.63) is 60.2 Å². The van der Waals surface area contributed by atoms with Gasteiger partial charge in [0.1, 0.15) is 11.9 Å². The van der Waals surface area contributed by atoms with Gasteiger partial charge < -0.3 is 24.2 Å². The fraction of sp³-hybridized carbons (Fsp3) is 0.552. The molecule has 1 saturated heterocycles. The van der Waals surface area contributed by atoms with Crippen molar-refractivity contribution in [1.29, 1.82) is 0 Å². The third-order valence-corrected chi connectivity index (χ3v) is 9.25. The third-order valence-electron chi connectivity index (χ3n) is 7.41. The van der Waals surface area contributed by atoms with Gasteiger partial charge in [-0.2, -0.15) is 4.31 Å². The summed E-state index contributed by atoms with van der Waals surface area (Å²) < 4.78 is 44.9. The molecule has 2 aromatic rings. The Labute approximate surface area is 231 Å². The van der Waals surface area contributed by atoms with E-state index >= 15 is 0 Å². The molecule has 1 aliphatic heterocycles. The second kappa shape index (κ2) is 14.1. The average Bonchev–Trinajstić information content (AvgIpc) is 3.66. The average molecular weight is 561 g/mol. The highest BCUT2D eigenvalue weighted by Crippen LogP contribution is 2.28. The summed E-state index contributed by atoms with van der Waals surface area (Å²) in [4.78, 5) is 14.7. The van der Waals surface area contributed by atoms with Crippen LogP contribution in [0.2, 0.25) is 0 Å². The summed E-state index contributed by atoms with van der Waals surface area (Å²) in [5.74, 6) is 0.809. The summed E-state index contributed by atoms with van der Waals surface area (Å²) in [5.41, 5.74) is 1.05. The molecule has 4 rings (SSSR count). The quantitative estimate of drug-likeness (QED) is 0.398. The second-order valence-electron chi connectivity index (χ2n) is 10.4. The topological polar surface area (TPSA) is 106 Å². The number of benzene rings is 2. The molecule has 0 unspecified atom stereocenters. The minimum absolute atomic E-state index is 0.0431. The number of carbonyl (C=O) groups is 1. The molecule has 1 saturated carbocycles. The van der Waals surface area contributed by atoms with Crippen LogP contribution in [-0.4, -0.2) is 87.5 Å². The molecular formula is C29H40N2O7S.